The lowest BCUT2D eigenvalue weighted by molar-refractivity contribution is 0.277. The van der Waals surface area contributed by atoms with Crippen molar-refractivity contribution in [2.45, 2.75) is 32.2 Å². The van der Waals surface area contributed by atoms with E-state index in [4.69, 9.17) is 11.6 Å². The first-order chi connectivity index (χ1) is 8.60. The molecule has 2 nitrogen and oxygen atoms in total. The van der Waals surface area contributed by atoms with Crippen molar-refractivity contribution in [1.29, 1.82) is 0 Å². The molecule has 100 valence electrons. The molecule has 18 heavy (non-hydrogen) atoms. The minimum Gasteiger partial charge on any atom is -0.368 e. The van der Waals surface area contributed by atoms with Crippen LogP contribution in [0, 0.1) is 3.57 Å². The molecule has 1 aliphatic rings. The molecule has 2 rings (SSSR count). The lowest BCUT2D eigenvalue weighted by Gasteiger charge is -2.44. The zero-order chi connectivity index (χ0) is 13.2. The molecule has 1 heterocycles. The highest BCUT2D eigenvalue weighted by atomic mass is 127. The van der Waals surface area contributed by atoms with Gasteiger partial charge in [-0.25, -0.2) is 0 Å². The summed E-state index contributed by atoms with van der Waals surface area (Å²) in [6, 6.07) is 6.17. The van der Waals surface area contributed by atoms with Gasteiger partial charge in [-0.15, -0.1) is 0 Å². The Morgan fingerprint density at radius 2 is 2.11 bits per heavy atom. The molecule has 4 heteroatoms. The molecule has 1 aliphatic heterocycles. The van der Waals surface area contributed by atoms with Crippen LogP contribution in [0.4, 0.5) is 5.69 Å². The molecule has 0 aromatic heterocycles. The van der Waals surface area contributed by atoms with Crippen LogP contribution in [0.1, 0.15) is 26.7 Å². The Labute approximate surface area is 128 Å². The van der Waals surface area contributed by atoms with Gasteiger partial charge in [0.2, 0.25) is 0 Å². The number of nitrogens with zero attached hydrogens (tertiary/aromatic N) is 1. The minimum atomic E-state index is 0.265. The van der Waals surface area contributed by atoms with Crippen LogP contribution in [0.25, 0.3) is 0 Å². The highest BCUT2D eigenvalue weighted by Crippen LogP contribution is 2.29. The van der Waals surface area contributed by atoms with Crippen LogP contribution in [-0.2, 0) is 0 Å². The number of hydrogen-bond acceptors (Lipinski definition) is 2. The maximum Gasteiger partial charge on any atom is 0.0504 e. The van der Waals surface area contributed by atoms with E-state index >= 15 is 0 Å². The fourth-order valence-electron chi connectivity index (χ4n) is 2.62. The summed E-state index contributed by atoms with van der Waals surface area (Å²) in [7, 11) is 0. The SMILES string of the molecule is CCC1(CC)CN(c2ccc(Cl)cc2I)CCN1. The molecular weight excluding hydrogens is 359 g/mol. The van der Waals surface area contributed by atoms with E-state index in [1.54, 1.807) is 0 Å². The summed E-state index contributed by atoms with van der Waals surface area (Å²) in [6.07, 6.45) is 2.34. The fourth-order valence-corrected chi connectivity index (χ4v) is 3.84. The first kappa shape index (κ1) is 14.4. The fraction of sp³-hybridized carbons (Fsp3) is 0.571. The molecule has 1 fully saturated rings. The quantitative estimate of drug-likeness (QED) is 0.802. The Bertz CT molecular complexity index is 418. The number of rotatable bonds is 3. The van der Waals surface area contributed by atoms with Crippen molar-refractivity contribution in [3.05, 3.63) is 26.8 Å². The second-order valence-corrected chi connectivity index (χ2v) is 6.53. The van der Waals surface area contributed by atoms with Crippen molar-refractivity contribution in [3.8, 4) is 0 Å². The van der Waals surface area contributed by atoms with Gasteiger partial charge in [-0.1, -0.05) is 25.4 Å². The minimum absolute atomic E-state index is 0.265. The van der Waals surface area contributed by atoms with Gasteiger partial charge in [-0.05, 0) is 53.6 Å². The summed E-state index contributed by atoms with van der Waals surface area (Å²) in [4.78, 5) is 2.49. The molecule has 0 atom stereocenters. The first-order valence-electron chi connectivity index (χ1n) is 6.55. The van der Waals surface area contributed by atoms with Crippen LogP contribution in [0.2, 0.25) is 5.02 Å². The standard InChI is InChI=1S/C14H20ClIN2/c1-3-14(4-2)10-18(8-7-17-14)13-6-5-11(15)9-12(13)16/h5-6,9,17H,3-4,7-8,10H2,1-2H3. The average Bonchev–Trinajstić information content (AvgIpc) is 2.38. The van der Waals surface area contributed by atoms with Gasteiger partial charge in [0.15, 0.2) is 0 Å². The van der Waals surface area contributed by atoms with Crippen molar-refractivity contribution >= 4 is 39.9 Å². The zero-order valence-corrected chi connectivity index (χ0v) is 13.9. The lowest BCUT2D eigenvalue weighted by atomic mass is 9.90. The molecule has 1 aromatic rings. The molecule has 0 radical (unpaired) electrons. The van der Waals surface area contributed by atoms with Crippen LogP contribution < -0.4 is 10.2 Å². The van der Waals surface area contributed by atoms with Gasteiger partial charge in [0.1, 0.15) is 0 Å². The van der Waals surface area contributed by atoms with E-state index in [1.807, 2.05) is 12.1 Å². The van der Waals surface area contributed by atoms with Crippen LogP contribution in [0.15, 0.2) is 18.2 Å². The van der Waals surface area contributed by atoms with Crippen molar-refractivity contribution in [2.75, 3.05) is 24.5 Å². The number of benzene rings is 1. The summed E-state index contributed by atoms with van der Waals surface area (Å²) < 4.78 is 1.24. The van der Waals surface area contributed by atoms with Gasteiger partial charge in [-0.2, -0.15) is 0 Å². The molecule has 0 amide bonds. The molecule has 0 aliphatic carbocycles. The number of hydrogen-bond donors (Lipinski definition) is 1. The molecule has 0 spiro atoms. The van der Waals surface area contributed by atoms with E-state index in [2.05, 4.69) is 52.7 Å². The van der Waals surface area contributed by atoms with Crippen molar-refractivity contribution in [1.82, 2.24) is 5.32 Å². The number of piperazine rings is 1. The molecule has 1 N–H and O–H groups in total. The second kappa shape index (κ2) is 5.97. The normalized spacial score (nSPS) is 19.0. The van der Waals surface area contributed by atoms with Crippen LogP contribution in [-0.4, -0.2) is 25.2 Å². The van der Waals surface area contributed by atoms with Crippen LogP contribution >= 0.6 is 34.2 Å². The third-order valence-corrected chi connectivity index (χ3v) is 5.08. The Morgan fingerprint density at radius 1 is 1.39 bits per heavy atom. The van der Waals surface area contributed by atoms with Gasteiger partial charge < -0.3 is 10.2 Å². The van der Waals surface area contributed by atoms with Crippen molar-refractivity contribution < 1.29 is 0 Å². The highest BCUT2D eigenvalue weighted by Gasteiger charge is 2.32. The van der Waals surface area contributed by atoms with Crippen LogP contribution in [0.5, 0.6) is 0 Å². The molecule has 0 saturated carbocycles. The maximum absolute atomic E-state index is 6.03. The summed E-state index contributed by atoms with van der Waals surface area (Å²) in [5.74, 6) is 0. The smallest absolute Gasteiger partial charge is 0.0504 e. The number of nitrogens with one attached hydrogen (secondary N) is 1. The number of anilines is 1. The maximum atomic E-state index is 6.03. The molecule has 0 bridgehead atoms. The predicted molar refractivity (Wildman–Crippen MR) is 87.7 cm³/mol. The van der Waals surface area contributed by atoms with Gasteiger partial charge in [-0.3, -0.25) is 0 Å². The van der Waals surface area contributed by atoms with Gasteiger partial charge in [0.25, 0.3) is 0 Å². The van der Waals surface area contributed by atoms with E-state index in [-0.39, 0.29) is 5.54 Å². The first-order valence-corrected chi connectivity index (χ1v) is 8.01. The Balaban J connectivity index is 2.23. The second-order valence-electron chi connectivity index (χ2n) is 4.93. The van der Waals surface area contributed by atoms with Gasteiger partial charge >= 0.3 is 0 Å². The molecule has 1 saturated heterocycles. The van der Waals surface area contributed by atoms with Gasteiger partial charge in [0.05, 0.1) is 5.69 Å². The Hall–Kier alpha value is -0.0000000000000000763. The summed E-state index contributed by atoms with van der Waals surface area (Å²) >= 11 is 8.41. The van der Waals surface area contributed by atoms with E-state index < -0.39 is 0 Å². The Kier molecular flexibility index (Phi) is 4.78. The van der Waals surface area contributed by atoms with Crippen LogP contribution in [0.3, 0.4) is 0 Å². The third-order valence-electron chi connectivity index (χ3n) is 3.98. The Morgan fingerprint density at radius 3 is 2.72 bits per heavy atom. The van der Waals surface area contributed by atoms with Gasteiger partial charge in [0, 0.05) is 33.8 Å². The average molecular weight is 379 g/mol. The topological polar surface area (TPSA) is 15.3 Å². The van der Waals surface area contributed by atoms with E-state index in [0.29, 0.717) is 0 Å². The highest BCUT2D eigenvalue weighted by molar-refractivity contribution is 14.1. The number of halogens is 2. The summed E-state index contributed by atoms with van der Waals surface area (Å²) in [5.41, 5.74) is 1.58. The van der Waals surface area contributed by atoms with Crippen molar-refractivity contribution in [3.63, 3.8) is 0 Å². The molecular formula is C14H20ClIN2. The lowest BCUT2D eigenvalue weighted by Crippen LogP contribution is -2.60. The molecule has 0 unspecified atom stereocenters. The zero-order valence-electron chi connectivity index (χ0n) is 11.0. The largest absolute Gasteiger partial charge is 0.368 e. The summed E-state index contributed by atoms with van der Waals surface area (Å²) in [6.45, 7) is 7.75. The van der Waals surface area contributed by atoms with E-state index in [9.17, 15) is 0 Å². The van der Waals surface area contributed by atoms with E-state index in [1.165, 1.54) is 22.1 Å². The predicted octanol–water partition coefficient (Wildman–Crippen LogP) is 3.91. The molecule has 1 aromatic carbocycles. The monoisotopic (exact) mass is 378 g/mol. The third kappa shape index (κ3) is 2.94. The summed E-state index contributed by atoms with van der Waals surface area (Å²) in [5, 5.41) is 4.51. The van der Waals surface area contributed by atoms with E-state index in [0.717, 1.165) is 24.7 Å². The van der Waals surface area contributed by atoms with Crippen molar-refractivity contribution in [2.24, 2.45) is 0 Å².